The lowest BCUT2D eigenvalue weighted by Gasteiger charge is -2.33. The molecule has 0 radical (unpaired) electrons. The lowest BCUT2D eigenvalue weighted by atomic mass is 10.1. The van der Waals surface area contributed by atoms with Crippen molar-refractivity contribution in [3.05, 3.63) is 29.9 Å². The van der Waals surface area contributed by atoms with E-state index < -0.39 is 0 Å². The summed E-state index contributed by atoms with van der Waals surface area (Å²) in [6.45, 7) is 6.28. The fourth-order valence-electron chi connectivity index (χ4n) is 2.55. The molecule has 0 unspecified atom stereocenters. The smallest absolute Gasteiger partial charge is 0.263 e. The fourth-order valence-corrected chi connectivity index (χ4v) is 2.55. The summed E-state index contributed by atoms with van der Waals surface area (Å²) in [5.41, 5.74) is 0.678. The molecule has 1 N–H and O–H groups in total. The van der Waals surface area contributed by atoms with Gasteiger partial charge in [-0.25, -0.2) is 4.98 Å². The minimum Gasteiger partial charge on any atom is -0.459 e. The number of piperazine rings is 1. The molecule has 0 aromatic carbocycles. The highest BCUT2D eigenvalue weighted by atomic mass is 35.5. The van der Waals surface area contributed by atoms with Crippen LogP contribution in [0.4, 0.5) is 0 Å². The minimum atomic E-state index is 0. The van der Waals surface area contributed by atoms with E-state index in [1.807, 2.05) is 18.7 Å². The van der Waals surface area contributed by atoms with Gasteiger partial charge in [0.05, 0.1) is 18.4 Å². The number of carbonyl (C=O) groups excluding carboxylic acids is 1. The van der Waals surface area contributed by atoms with Gasteiger partial charge in [0, 0.05) is 25.7 Å². The number of hydrogen-bond donors (Lipinski definition) is 1. The van der Waals surface area contributed by atoms with Crippen molar-refractivity contribution in [3.8, 4) is 11.7 Å². The summed E-state index contributed by atoms with van der Waals surface area (Å²) < 4.78 is 10.9. The predicted octanol–water partition coefficient (Wildman–Crippen LogP) is 2.45. The third-order valence-corrected chi connectivity index (χ3v) is 3.76. The maximum absolute atomic E-state index is 12.4. The number of halogens is 2. The summed E-state index contributed by atoms with van der Waals surface area (Å²) in [6.07, 6.45) is 1.84. The zero-order valence-corrected chi connectivity index (χ0v) is 14.7. The van der Waals surface area contributed by atoms with Crippen LogP contribution >= 0.6 is 24.8 Å². The van der Waals surface area contributed by atoms with Gasteiger partial charge in [-0.1, -0.05) is 0 Å². The topological polar surface area (TPSA) is 71.5 Å². The van der Waals surface area contributed by atoms with Crippen molar-refractivity contribution in [1.82, 2.24) is 15.2 Å². The van der Waals surface area contributed by atoms with Gasteiger partial charge < -0.3 is 19.1 Å². The average molecular weight is 362 g/mol. The van der Waals surface area contributed by atoms with Crippen LogP contribution in [0.2, 0.25) is 0 Å². The van der Waals surface area contributed by atoms with Crippen molar-refractivity contribution in [2.24, 2.45) is 0 Å². The number of nitrogens with zero attached hydrogens (tertiary/aromatic N) is 2. The first-order valence-corrected chi connectivity index (χ1v) is 7.15. The zero-order chi connectivity index (χ0) is 14.8. The first-order chi connectivity index (χ1) is 10.1. The fraction of sp³-hybridized carbons (Fsp3) is 0.467. The number of aryl methyl sites for hydroxylation is 1. The van der Waals surface area contributed by atoms with E-state index in [-0.39, 0.29) is 43.2 Å². The Bertz CT molecular complexity index is 628. The molecule has 1 saturated heterocycles. The monoisotopic (exact) mass is 361 g/mol. The molecule has 1 aliphatic rings. The zero-order valence-electron chi connectivity index (χ0n) is 13.1. The van der Waals surface area contributed by atoms with Gasteiger partial charge in [0.2, 0.25) is 5.91 Å². The first-order valence-electron chi connectivity index (χ1n) is 7.15. The summed E-state index contributed by atoms with van der Waals surface area (Å²) in [6, 6.07) is 3.78. The van der Waals surface area contributed by atoms with E-state index in [1.165, 1.54) is 0 Å². The maximum Gasteiger partial charge on any atom is 0.263 e. The molecule has 0 aliphatic carbocycles. The molecular formula is C15H21Cl2N3O3. The number of hydrogen-bond acceptors (Lipinski definition) is 5. The van der Waals surface area contributed by atoms with Gasteiger partial charge in [0.1, 0.15) is 5.76 Å². The van der Waals surface area contributed by atoms with Crippen LogP contribution in [-0.2, 0) is 11.2 Å². The van der Waals surface area contributed by atoms with Crippen molar-refractivity contribution in [1.29, 1.82) is 0 Å². The highest BCUT2D eigenvalue weighted by Crippen LogP contribution is 2.22. The maximum atomic E-state index is 12.4. The average Bonchev–Trinajstić information content (AvgIpc) is 3.10. The van der Waals surface area contributed by atoms with E-state index in [9.17, 15) is 4.79 Å². The molecule has 2 aromatic rings. The van der Waals surface area contributed by atoms with E-state index in [4.69, 9.17) is 8.83 Å². The molecule has 128 valence electrons. The van der Waals surface area contributed by atoms with Crippen LogP contribution in [-0.4, -0.2) is 41.5 Å². The minimum absolute atomic E-state index is 0. The molecular weight excluding hydrogens is 341 g/mol. The Kier molecular flexibility index (Phi) is 7.12. The third kappa shape index (κ3) is 4.28. The van der Waals surface area contributed by atoms with Crippen LogP contribution < -0.4 is 5.32 Å². The van der Waals surface area contributed by atoms with Gasteiger partial charge in [-0.15, -0.1) is 24.8 Å². The van der Waals surface area contributed by atoms with E-state index >= 15 is 0 Å². The van der Waals surface area contributed by atoms with Crippen molar-refractivity contribution < 1.29 is 13.6 Å². The van der Waals surface area contributed by atoms with Gasteiger partial charge in [-0.2, -0.15) is 0 Å². The Morgan fingerprint density at radius 2 is 2.26 bits per heavy atom. The van der Waals surface area contributed by atoms with Crippen LogP contribution in [0.15, 0.2) is 27.2 Å². The molecule has 0 bridgehead atoms. The van der Waals surface area contributed by atoms with Crippen molar-refractivity contribution in [2.45, 2.75) is 26.3 Å². The van der Waals surface area contributed by atoms with Gasteiger partial charge >= 0.3 is 0 Å². The molecule has 3 rings (SSSR count). The molecule has 1 atom stereocenters. The second-order valence-corrected chi connectivity index (χ2v) is 5.32. The Balaban J connectivity index is 0.00000132. The summed E-state index contributed by atoms with van der Waals surface area (Å²) in [5, 5.41) is 3.28. The van der Waals surface area contributed by atoms with E-state index in [1.54, 1.807) is 18.4 Å². The van der Waals surface area contributed by atoms with Gasteiger partial charge in [0.15, 0.2) is 5.76 Å². The van der Waals surface area contributed by atoms with Gasteiger partial charge in [0.25, 0.3) is 5.89 Å². The summed E-state index contributed by atoms with van der Waals surface area (Å²) in [4.78, 5) is 18.7. The van der Waals surface area contributed by atoms with Crippen molar-refractivity contribution in [3.63, 3.8) is 0 Å². The molecule has 1 amide bonds. The number of nitrogens with one attached hydrogen (secondary N) is 1. The van der Waals surface area contributed by atoms with E-state index in [2.05, 4.69) is 10.3 Å². The number of amides is 1. The molecule has 1 aliphatic heterocycles. The first kappa shape index (κ1) is 19.5. The molecule has 1 fully saturated rings. The Hall–Kier alpha value is -1.50. The molecule has 2 aromatic heterocycles. The molecule has 6 nitrogen and oxygen atoms in total. The summed E-state index contributed by atoms with van der Waals surface area (Å²) >= 11 is 0. The second kappa shape index (κ2) is 8.38. The molecule has 3 heterocycles. The van der Waals surface area contributed by atoms with Crippen LogP contribution in [0.3, 0.4) is 0 Å². The molecule has 0 saturated carbocycles. The molecule has 0 spiro atoms. The van der Waals surface area contributed by atoms with Crippen molar-refractivity contribution >= 4 is 30.7 Å². The summed E-state index contributed by atoms with van der Waals surface area (Å²) in [7, 11) is 0. The highest BCUT2D eigenvalue weighted by molar-refractivity contribution is 5.85. The number of carbonyl (C=O) groups is 1. The van der Waals surface area contributed by atoms with E-state index in [0.717, 1.165) is 19.6 Å². The number of rotatable bonds is 3. The van der Waals surface area contributed by atoms with Crippen molar-refractivity contribution in [2.75, 3.05) is 19.6 Å². The summed E-state index contributed by atoms with van der Waals surface area (Å²) in [5.74, 6) is 1.75. The predicted molar refractivity (Wildman–Crippen MR) is 91.2 cm³/mol. The van der Waals surface area contributed by atoms with Gasteiger partial charge in [-0.3, -0.25) is 4.79 Å². The molecule has 8 heteroatoms. The van der Waals surface area contributed by atoms with Crippen LogP contribution in [0.25, 0.3) is 11.7 Å². The normalized spacial score (nSPS) is 17.3. The SMILES string of the molecule is Cc1oc(-c2ccco2)nc1CC(=O)N1CCNC[C@@H]1C.Cl.Cl. The van der Waals surface area contributed by atoms with Crippen LogP contribution in [0.1, 0.15) is 18.4 Å². The Labute approximate surface area is 147 Å². The lowest BCUT2D eigenvalue weighted by Crippen LogP contribution is -2.52. The highest BCUT2D eigenvalue weighted by Gasteiger charge is 2.25. The Morgan fingerprint density at radius 1 is 1.48 bits per heavy atom. The van der Waals surface area contributed by atoms with E-state index in [0.29, 0.717) is 23.1 Å². The number of furan rings is 1. The Morgan fingerprint density at radius 3 is 2.91 bits per heavy atom. The van der Waals surface area contributed by atoms with Crippen LogP contribution in [0.5, 0.6) is 0 Å². The van der Waals surface area contributed by atoms with Gasteiger partial charge in [-0.05, 0) is 26.0 Å². The van der Waals surface area contributed by atoms with Crippen LogP contribution in [0, 0.1) is 6.92 Å². The number of oxazole rings is 1. The number of aromatic nitrogens is 1. The third-order valence-electron chi connectivity index (χ3n) is 3.76. The standard InChI is InChI=1S/C15H19N3O3.2ClH/c1-10-9-16-5-6-18(10)14(19)8-12-11(2)21-15(17-12)13-4-3-7-20-13;;/h3-4,7,10,16H,5-6,8-9H2,1-2H3;2*1H/t10-;;/m0../s1. The quantitative estimate of drug-likeness (QED) is 0.908. The molecule has 23 heavy (non-hydrogen) atoms. The lowest BCUT2D eigenvalue weighted by molar-refractivity contribution is -0.133. The second-order valence-electron chi connectivity index (χ2n) is 5.32. The largest absolute Gasteiger partial charge is 0.459 e.